The number of carbonyl (C=O) groups excluding carboxylic acids is 1. The predicted molar refractivity (Wildman–Crippen MR) is 57.0 cm³/mol. The summed E-state index contributed by atoms with van der Waals surface area (Å²) in [5.74, 6) is -0.0702. The second-order valence-corrected chi connectivity index (χ2v) is 4.02. The van der Waals surface area contributed by atoms with E-state index in [9.17, 15) is 9.18 Å². The fraction of sp³-hybridized carbons (Fsp3) is 0.417. The van der Waals surface area contributed by atoms with Crippen molar-refractivity contribution in [3.8, 4) is 0 Å². The zero-order valence-electron chi connectivity index (χ0n) is 9.31. The molecule has 0 heterocycles. The van der Waals surface area contributed by atoms with Crippen LogP contribution < -0.4 is 0 Å². The molecule has 0 bridgehead atoms. The first-order valence-corrected chi connectivity index (χ1v) is 5.20. The molecular weight excluding hydrogens is 209 g/mol. The lowest BCUT2D eigenvalue weighted by molar-refractivity contribution is -0.170. The van der Waals surface area contributed by atoms with E-state index < -0.39 is 0 Å². The molecule has 1 aliphatic rings. The third-order valence-electron chi connectivity index (χ3n) is 2.99. The maximum absolute atomic E-state index is 12.7. The molecule has 1 amide bonds. The minimum atomic E-state index is -0.249. The van der Waals surface area contributed by atoms with Gasteiger partial charge in [-0.05, 0) is 30.0 Å². The Kier molecular flexibility index (Phi) is 2.92. The van der Waals surface area contributed by atoms with Crippen molar-refractivity contribution in [3.63, 3.8) is 0 Å². The van der Waals surface area contributed by atoms with Crippen molar-refractivity contribution in [2.45, 2.75) is 12.3 Å². The molecule has 0 unspecified atom stereocenters. The van der Waals surface area contributed by atoms with Gasteiger partial charge in [-0.1, -0.05) is 12.1 Å². The van der Waals surface area contributed by atoms with E-state index in [0.717, 1.165) is 12.0 Å². The summed E-state index contributed by atoms with van der Waals surface area (Å²) in [5, 5.41) is 1.24. The molecule has 0 aromatic heterocycles. The smallest absolute Gasteiger partial charge is 0.249 e. The van der Waals surface area contributed by atoms with Gasteiger partial charge in [-0.3, -0.25) is 9.63 Å². The normalized spacial score (nSPS) is 22.9. The van der Waals surface area contributed by atoms with Crippen LogP contribution in [0.2, 0.25) is 0 Å². The topological polar surface area (TPSA) is 29.5 Å². The third kappa shape index (κ3) is 2.07. The summed E-state index contributed by atoms with van der Waals surface area (Å²) in [7, 11) is 3.07. The first-order valence-electron chi connectivity index (χ1n) is 5.20. The number of carbonyl (C=O) groups is 1. The van der Waals surface area contributed by atoms with Crippen LogP contribution in [0.3, 0.4) is 0 Å². The molecule has 1 saturated carbocycles. The Bertz CT molecular complexity index is 391. The average molecular weight is 223 g/mol. The SMILES string of the molecule is CON(C)C(=O)[C@@H]1C[C@H]1c1ccc(F)cc1. The van der Waals surface area contributed by atoms with E-state index in [0.29, 0.717) is 0 Å². The number of rotatable bonds is 3. The molecule has 0 aliphatic heterocycles. The molecule has 16 heavy (non-hydrogen) atoms. The van der Waals surface area contributed by atoms with Gasteiger partial charge in [0.15, 0.2) is 0 Å². The van der Waals surface area contributed by atoms with Crippen molar-refractivity contribution < 1.29 is 14.0 Å². The first-order chi connectivity index (χ1) is 7.63. The second-order valence-electron chi connectivity index (χ2n) is 4.02. The molecule has 0 spiro atoms. The molecule has 1 aliphatic carbocycles. The number of hydrogen-bond acceptors (Lipinski definition) is 2. The Hall–Kier alpha value is -1.42. The van der Waals surface area contributed by atoms with Crippen LogP contribution in [0.4, 0.5) is 4.39 Å². The largest absolute Gasteiger partial charge is 0.275 e. The van der Waals surface area contributed by atoms with Gasteiger partial charge in [0, 0.05) is 13.0 Å². The van der Waals surface area contributed by atoms with E-state index in [1.165, 1.54) is 24.3 Å². The van der Waals surface area contributed by atoms with Gasteiger partial charge >= 0.3 is 0 Å². The molecule has 2 atom stereocenters. The van der Waals surface area contributed by atoms with Crippen LogP contribution in [-0.4, -0.2) is 25.1 Å². The van der Waals surface area contributed by atoms with Gasteiger partial charge in [0.05, 0.1) is 7.11 Å². The molecular formula is C12H14FNO2. The third-order valence-corrected chi connectivity index (χ3v) is 2.99. The Morgan fingerprint density at radius 2 is 2.06 bits per heavy atom. The first kappa shape index (κ1) is 11.1. The van der Waals surface area contributed by atoms with Crippen molar-refractivity contribution in [1.29, 1.82) is 0 Å². The van der Waals surface area contributed by atoms with E-state index in [1.54, 1.807) is 19.2 Å². The molecule has 0 N–H and O–H groups in total. The Labute approximate surface area is 93.8 Å². The van der Waals surface area contributed by atoms with E-state index in [4.69, 9.17) is 4.84 Å². The van der Waals surface area contributed by atoms with Crippen LogP contribution in [0.25, 0.3) is 0 Å². The molecule has 4 heteroatoms. The summed E-state index contributed by atoms with van der Waals surface area (Å²) in [6.45, 7) is 0. The summed E-state index contributed by atoms with van der Waals surface area (Å²) < 4.78 is 12.7. The number of hydrogen-bond donors (Lipinski definition) is 0. The van der Waals surface area contributed by atoms with Gasteiger partial charge in [-0.2, -0.15) is 0 Å². The lowest BCUT2D eigenvalue weighted by Crippen LogP contribution is -2.27. The quantitative estimate of drug-likeness (QED) is 0.733. The van der Waals surface area contributed by atoms with E-state index >= 15 is 0 Å². The fourth-order valence-corrected chi connectivity index (χ4v) is 1.87. The minimum absolute atomic E-state index is 0.0168. The van der Waals surface area contributed by atoms with Gasteiger partial charge in [-0.15, -0.1) is 0 Å². The monoisotopic (exact) mass is 223 g/mol. The molecule has 1 fully saturated rings. The number of amides is 1. The predicted octanol–water partition coefficient (Wildman–Crippen LogP) is 1.95. The van der Waals surface area contributed by atoms with Crippen molar-refractivity contribution >= 4 is 5.91 Å². The molecule has 86 valence electrons. The second kappa shape index (κ2) is 4.22. The van der Waals surface area contributed by atoms with Crippen LogP contribution >= 0.6 is 0 Å². The Morgan fingerprint density at radius 1 is 1.44 bits per heavy atom. The van der Waals surface area contributed by atoms with Crippen molar-refractivity contribution in [2.24, 2.45) is 5.92 Å². The summed E-state index contributed by atoms with van der Waals surface area (Å²) in [4.78, 5) is 16.6. The van der Waals surface area contributed by atoms with Crippen molar-refractivity contribution in [1.82, 2.24) is 5.06 Å². The van der Waals surface area contributed by atoms with Crippen molar-refractivity contribution in [3.05, 3.63) is 35.6 Å². The Morgan fingerprint density at radius 3 is 2.62 bits per heavy atom. The van der Waals surface area contributed by atoms with E-state index in [2.05, 4.69) is 0 Å². The highest BCUT2D eigenvalue weighted by molar-refractivity contribution is 5.81. The van der Waals surface area contributed by atoms with Gasteiger partial charge in [-0.25, -0.2) is 9.45 Å². The van der Waals surface area contributed by atoms with Gasteiger partial charge < -0.3 is 0 Å². The summed E-state index contributed by atoms with van der Waals surface area (Å²) in [5.41, 5.74) is 1.02. The van der Waals surface area contributed by atoms with Gasteiger partial charge in [0.1, 0.15) is 5.82 Å². The summed E-state index contributed by atoms with van der Waals surface area (Å²) in [6.07, 6.45) is 0.818. The molecule has 0 saturated heterocycles. The van der Waals surface area contributed by atoms with Gasteiger partial charge in [0.2, 0.25) is 5.91 Å². The zero-order valence-corrected chi connectivity index (χ0v) is 9.31. The number of benzene rings is 1. The highest BCUT2D eigenvalue weighted by Gasteiger charge is 2.45. The number of halogens is 1. The molecule has 0 radical (unpaired) electrons. The van der Waals surface area contributed by atoms with Crippen LogP contribution in [0.1, 0.15) is 17.9 Å². The van der Waals surface area contributed by atoms with E-state index in [1.807, 2.05) is 0 Å². The molecule has 1 aromatic carbocycles. The number of nitrogens with zero attached hydrogens (tertiary/aromatic N) is 1. The maximum atomic E-state index is 12.7. The van der Waals surface area contributed by atoms with Crippen LogP contribution in [-0.2, 0) is 9.63 Å². The zero-order chi connectivity index (χ0) is 11.7. The summed E-state index contributed by atoms with van der Waals surface area (Å²) in [6, 6.07) is 6.32. The highest BCUT2D eigenvalue weighted by atomic mass is 19.1. The molecule has 2 rings (SSSR count). The molecule has 1 aromatic rings. The Balaban J connectivity index is 2.01. The maximum Gasteiger partial charge on any atom is 0.249 e. The highest BCUT2D eigenvalue weighted by Crippen LogP contribution is 2.48. The lowest BCUT2D eigenvalue weighted by Gasteiger charge is -2.13. The lowest BCUT2D eigenvalue weighted by atomic mass is 10.1. The molecule has 3 nitrogen and oxygen atoms in total. The van der Waals surface area contributed by atoms with Gasteiger partial charge in [0.25, 0.3) is 0 Å². The van der Waals surface area contributed by atoms with Crippen LogP contribution in [0, 0.1) is 11.7 Å². The number of hydroxylamine groups is 2. The van der Waals surface area contributed by atoms with Crippen LogP contribution in [0.5, 0.6) is 0 Å². The van der Waals surface area contributed by atoms with E-state index in [-0.39, 0.29) is 23.6 Å². The average Bonchev–Trinajstić information content (AvgIpc) is 3.08. The standard InChI is InChI=1S/C12H14FNO2/c1-14(16-2)12(15)11-7-10(11)8-3-5-9(13)6-4-8/h3-6,10-11H,7H2,1-2H3/t10-,11+/m0/s1. The minimum Gasteiger partial charge on any atom is -0.275 e. The van der Waals surface area contributed by atoms with Crippen LogP contribution in [0.15, 0.2) is 24.3 Å². The fourth-order valence-electron chi connectivity index (χ4n) is 1.87. The van der Waals surface area contributed by atoms with Crippen molar-refractivity contribution in [2.75, 3.05) is 14.2 Å². The summed E-state index contributed by atoms with van der Waals surface area (Å²) >= 11 is 0.